The van der Waals surface area contributed by atoms with Crippen LogP contribution in [-0.4, -0.2) is 36.9 Å². The first-order chi connectivity index (χ1) is 9.83. The van der Waals surface area contributed by atoms with Crippen molar-refractivity contribution in [3.63, 3.8) is 0 Å². The van der Waals surface area contributed by atoms with Crippen molar-refractivity contribution in [2.45, 2.75) is 0 Å². The molecular weight excluding hydrogens is 274 g/mol. The van der Waals surface area contributed by atoms with Gasteiger partial charge in [-0.25, -0.2) is 0 Å². The molecule has 0 N–H and O–H groups in total. The molecule has 0 radical (unpaired) electrons. The molecule has 5 heteroatoms. The number of rotatable bonds is 1. The molecule has 20 heavy (non-hydrogen) atoms. The maximum Gasteiger partial charge on any atom is 0.0919 e. The maximum absolute atomic E-state index is 6.26. The van der Waals surface area contributed by atoms with Crippen molar-refractivity contribution < 1.29 is 4.74 Å². The standard InChI is InChI=1S/C15H14ClN3O/c16-12-3-1-2-4-14(12)19-9-11-13(17-19)5-6-18-7-8-20-10-15(11)18/h1-6H,7-10H2. The number of allylic oxidation sites excluding steroid dienone is 1. The monoisotopic (exact) mass is 287 g/mol. The summed E-state index contributed by atoms with van der Waals surface area (Å²) in [5.74, 6) is 0. The van der Waals surface area contributed by atoms with Gasteiger partial charge in [0, 0.05) is 18.3 Å². The van der Waals surface area contributed by atoms with Crippen molar-refractivity contribution in [2.75, 3.05) is 31.3 Å². The number of hydrogen-bond acceptors (Lipinski definition) is 4. The summed E-state index contributed by atoms with van der Waals surface area (Å²) in [5, 5.41) is 7.36. The molecule has 0 aliphatic carbocycles. The minimum absolute atomic E-state index is 0.662. The van der Waals surface area contributed by atoms with Gasteiger partial charge in [-0.15, -0.1) is 0 Å². The predicted molar refractivity (Wildman–Crippen MR) is 79.9 cm³/mol. The van der Waals surface area contributed by atoms with Crippen LogP contribution >= 0.6 is 11.6 Å². The molecule has 3 heterocycles. The lowest BCUT2D eigenvalue weighted by molar-refractivity contribution is 0.0906. The van der Waals surface area contributed by atoms with E-state index < -0.39 is 0 Å². The molecule has 0 spiro atoms. The summed E-state index contributed by atoms with van der Waals surface area (Å²) in [6.45, 7) is 3.10. The van der Waals surface area contributed by atoms with Crippen LogP contribution in [0.3, 0.4) is 0 Å². The van der Waals surface area contributed by atoms with Gasteiger partial charge >= 0.3 is 0 Å². The van der Waals surface area contributed by atoms with Crippen molar-refractivity contribution in [1.29, 1.82) is 0 Å². The van der Waals surface area contributed by atoms with Gasteiger partial charge in [0.1, 0.15) is 0 Å². The molecule has 3 aliphatic rings. The molecule has 0 atom stereocenters. The van der Waals surface area contributed by atoms with E-state index in [1.165, 1.54) is 11.3 Å². The van der Waals surface area contributed by atoms with Crippen LogP contribution in [0.4, 0.5) is 5.69 Å². The van der Waals surface area contributed by atoms with Crippen LogP contribution in [0.15, 0.2) is 52.9 Å². The van der Waals surface area contributed by atoms with E-state index in [1.807, 2.05) is 29.3 Å². The van der Waals surface area contributed by atoms with Crippen molar-refractivity contribution in [1.82, 2.24) is 4.90 Å². The zero-order valence-electron chi connectivity index (χ0n) is 10.9. The van der Waals surface area contributed by atoms with E-state index in [1.54, 1.807) is 0 Å². The summed E-state index contributed by atoms with van der Waals surface area (Å²) in [5.41, 5.74) is 4.43. The zero-order valence-corrected chi connectivity index (χ0v) is 11.7. The second-order valence-corrected chi connectivity index (χ2v) is 5.39. The molecule has 3 aliphatic heterocycles. The third-order valence-corrected chi connectivity index (χ3v) is 4.12. The van der Waals surface area contributed by atoms with Crippen molar-refractivity contribution in [3.8, 4) is 0 Å². The van der Waals surface area contributed by atoms with E-state index in [0.29, 0.717) is 6.61 Å². The van der Waals surface area contributed by atoms with Gasteiger partial charge in [0.2, 0.25) is 0 Å². The van der Waals surface area contributed by atoms with Crippen LogP contribution in [0, 0.1) is 0 Å². The minimum Gasteiger partial charge on any atom is -0.373 e. The van der Waals surface area contributed by atoms with Crippen LogP contribution in [0.5, 0.6) is 0 Å². The minimum atomic E-state index is 0.662. The lowest BCUT2D eigenvalue weighted by atomic mass is 10.0. The van der Waals surface area contributed by atoms with Crippen molar-refractivity contribution in [2.24, 2.45) is 5.10 Å². The first-order valence-corrected chi connectivity index (χ1v) is 7.06. The van der Waals surface area contributed by atoms with E-state index in [0.717, 1.165) is 36.1 Å². The molecule has 0 aromatic heterocycles. The van der Waals surface area contributed by atoms with E-state index in [-0.39, 0.29) is 0 Å². The molecular formula is C15H14ClN3O. The Morgan fingerprint density at radius 1 is 1.25 bits per heavy atom. The van der Waals surface area contributed by atoms with Crippen LogP contribution in [0.25, 0.3) is 0 Å². The number of hydrogen-bond donors (Lipinski definition) is 0. The Bertz CT molecular complexity index is 650. The number of benzene rings is 1. The number of ether oxygens (including phenoxy) is 1. The highest BCUT2D eigenvalue weighted by atomic mass is 35.5. The number of nitrogens with zero attached hydrogens (tertiary/aromatic N) is 3. The summed E-state index contributed by atoms with van der Waals surface area (Å²) in [6.07, 6.45) is 4.16. The SMILES string of the molecule is Clc1ccccc1N1CC2=C3COCCN3C=CC2=N1. The van der Waals surface area contributed by atoms with E-state index in [2.05, 4.69) is 22.3 Å². The molecule has 4 nitrogen and oxygen atoms in total. The van der Waals surface area contributed by atoms with Crippen LogP contribution in [0.1, 0.15) is 0 Å². The zero-order chi connectivity index (χ0) is 13.5. The molecule has 102 valence electrons. The van der Waals surface area contributed by atoms with Gasteiger partial charge in [-0.1, -0.05) is 23.7 Å². The number of fused-ring (bicyclic) bond motifs is 2. The second-order valence-electron chi connectivity index (χ2n) is 4.98. The summed E-state index contributed by atoms with van der Waals surface area (Å²) in [4.78, 5) is 2.26. The molecule has 0 bridgehead atoms. The average molecular weight is 288 g/mol. The molecule has 0 unspecified atom stereocenters. The Balaban J connectivity index is 1.72. The van der Waals surface area contributed by atoms with Crippen LogP contribution in [-0.2, 0) is 4.74 Å². The van der Waals surface area contributed by atoms with Gasteiger partial charge in [0.25, 0.3) is 0 Å². The smallest absolute Gasteiger partial charge is 0.0919 e. The fourth-order valence-electron chi connectivity index (χ4n) is 2.76. The Morgan fingerprint density at radius 2 is 2.15 bits per heavy atom. The highest BCUT2D eigenvalue weighted by Gasteiger charge is 2.30. The van der Waals surface area contributed by atoms with Gasteiger partial charge in [-0.2, -0.15) is 5.10 Å². The van der Waals surface area contributed by atoms with E-state index in [4.69, 9.17) is 16.3 Å². The van der Waals surface area contributed by atoms with Crippen molar-refractivity contribution >= 4 is 23.0 Å². The van der Waals surface area contributed by atoms with Gasteiger partial charge in [0.05, 0.1) is 41.9 Å². The average Bonchev–Trinajstić information content (AvgIpc) is 2.92. The Morgan fingerprint density at radius 3 is 3.05 bits per heavy atom. The lowest BCUT2D eigenvalue weighted by Crippen LogP contribution is -2.35. The number of hydrazone groups is 1. The predicted octanol–water partition coefficient (Wildman–Crippen LogP) is 2.63. The summed E-state index contributed by atoms with van der Waals surface area (Å²) in [6, 6.07) is 7.80. The summed E-state index contributed by atoms with van der Waals surface area (Å²) >= 11 is 6.26. The molecule has 4 rings (SSSR count). The van der Waals surface area contributed by atoms with Crippen LogP contribution in [0.2, 0.25) is 5.02 Å². The quantitative estimate of drug-likeness (QED) is 0.795. The highest BCUT2D eigenvalue weighted by molar-refractivity contribution is 6.33. The highest BCUT2D eigenvalue weighted by Crippen LogP contribution is 2.32. The number of halogens is 1. The first kappa shape index (κ1) is 12.0. The fourth-order valence-corrected chi connectivity index (χ4v) is 3.00. The fraction of sp³-hybridized carbons (Fsp3) is 0.267. The molecule has 1 saturated heterocycles. The molecule has 1 fully saturated rings. The Kier molecular flexibility index (Phi) is 2.79. The third-order valence-electron chi connectivity index (χ3n) is 3.80. The van der Waals surface area contributed by atoms with Gasteiger partial charge in [-0.3, -0.25) is 5.01 Å². The van der Waals surface area contributed by atoms with Gasteiger partial charge in [-0.05, 0) is 18.2 Å². The Labute approximate surface area is 122 Å². The molecule has 1 aromatic rings. The molecule has 0 amide bonds. The lowest BCUT2D eigenvalue weighted by Gasteiger charge is -2.32. The van der Waals surface area contributed by atoms with E-state index in [9.17, 15) is 0 Å². The van der Waals surface area contributed by atoms with E-state index >= 15 is 0 Å². The Hall–Kier alpha value is -1.78. The summed E-state index contributed by atoms with van der Waals surface area (Å²) < 4.78 is 5.58. The number of para-hydroxylation sites is 1. The van der Waals surface area contributed by atoms with Crippen LogP contribution < -0.4 is 5.01 Å². The van der Waals surface area contributed by atoms with Crippen molar-refractivity contribution in [3.05, 3.63) is 52.8 Å². The maximum atomic E-state index is 6.26. The second kappa shape index (κ2) is 4.65. The van der Waals surface area contributed by atoms with Gasteiger partial charge < -0.3 is 9.64 Å². The topological polar surface area (TPSA) is 28.1 Å². The molecule has 0 saturated carbocycles. The van der Waals surface area contributed by atoms with Gasteiger partial charge in [0.15, 0.2) is 0 Å². The number of morpholine rings is 1. The summed E-state index contributed by atoms with van der Waals surface area (Å²) in [7, 11) is 0. The largest absolute Gasteiger partial charge is 0.373 e. The first-order valence-electron chi connectivity index (χ1n) is 6.68. The number of anilines is 1. The third kappa shape index (κ3) is 1.84. The molecule has 1 aromatic carbocycles. The normalized spacial score (nSPS) is 20.9.